The summed E-state index contributed by atoms with van der Waals surface area (Å²) in [7, 11) is 0. The second-order valence-corrected chi connectivity index (χ2v) is 1.76. The zero-order valence-electron chi connectivity index (χ0n) is 6.40. The molecule has 0 saturated heterocycles. The zero-order valence-corrected chi connectivity index (χ0v) is 6.40. The Labute approximate surface area is 67.8 Å². The molecule has 7 nitrogen and oxygen atoms in total. The first-order valence-corrected chi connectivity index (χ1v) is 3.14. The maximum Gasteiger partial charge on any atom is 0.414 e. The van der Waals surface area contributed by atoms with Crippen LogP contribution >= 0.6 is 0 Å². The minimum Gasteiger partial charge on any atom is -0.450 e. The molecule has 0 saturated carbocycles. The van der Waals surface area contributed by atoms with E-state index < -0.39 is 23.5 Å². The molecule has 0 aromatic rings. The van der Waals surface area contributed by atoms with E-state index >= 15 is 0 Å². The van der Waals surface area contributed by atoms with Crippen molar-refractivity contribution in [3.63, 3.8) is 0 Å². The van der Waals surface area contributed by atoms with E-state index in [1.165, 1.54) is 0 Å². The fourth-order valence-electron chi connectivity index (χ4n) is 0.438. The standard InChI is InChI=1S/C5H8N2O5/c1-2-12-5(9)6-4(8)3-7(10)11/h2-3H2,1H3,(H,6,8,9). The number of nitro groups is 1. The van der Waals surface area contributed by atoms with Crippen LogP contribution in [-0.2, 0) is 9.53 Å². The number of alkyl carbamates (subject to hydrolysis) is 1. The van der Waals surface area contributed by atoms with Crippen LogP contribution < -0.4 is 5.32 Å². The SMILES string of the molecule is CCOC(=O)NC(=O)C[N+](=O)[O-]. The van der Waals surface area contributed by atoms with Crippen LogP contribution in [0.1, 0.15) is 6.92 Å². The third-order valence-corrected chi connectivity index (χ3v) is 0.790. The molecule has 0 spiro atoms. The monoisotopic (exact) mass is 176 g/mol. The van der Waals surface area contributed by atoms with Crippen molar-refractivity contribution in [2.45, 2.75) is 6.92 Å². The summed E-state index contributed by atoms with van der Waals surface area (Å²) in [5.41, 5.74) is 0. The van der Waals surface area contributed by atoms with Crippen molar-refractivity contribution < 1.29 is 19.2 Å². The van der Waals surface area contributed by atoms with Crippen molar-refractivity contribution in [3.05, 3.63) is 10.1 Å². The molecule has 12 heavy (non-hydrogen) atoms. The fraction of sp³-hybridized carbons (Fsp3) is 0.600. The lowest BCUT2D eigenvalue weighted by Gasteiger charge is -1.99. The average molecular weight is 176 g/mol. The van der Waals surface area contributed by atoms with Crippen molar-refractivity contribution in [1.29, 1.82) is 0 Å². The molecule has 68 valence electrons. The summed E-state index contributed by atoms with van der Waals surface area (Å²) >= 11 is 0. The van der Waals surface area contributed by atoms with Gasteiger partial charge in [0.2, 0.25) is 0 Å². The Morgan fingerprint density at radius 2 is 2.17 bits per heavy atom. The molecule has 0 aliphatic carbocycles. The number of hydrogen-bond acceptors (Lipinski definition) is 5. The average Bonchev–Trinajstić information content (AvgIpc) is 1.84. The van der Waals surface area contributed by atoms with Crippen LogP contribution in [0.15, 0.2) is 0 Å². The fourth-order valence-corrected chi connectivity index (χ4v) is 0.438. The molecule has 7 heteroatoms. The van der Waals surface area contributed by atoms with Gasteiger partial charge in [0.05, 0.1) is 6.61 Å². The molecular formula is C5H8N2O5. The number of carbonyl (C=O) groups excluding carboxylic acids is 2. The van der Waals surface area contributed by atoms with Crippen molar-refractivity contribution in [2.24, 2.45) is 0 Å². The lowest BCUT2D eigenvalue weighted by atomic mass is 10.6. The quantitative estimate of drug-likeness (QED) is 0.463. The first-order valence-electron chi connectivity index (χ1n) is 3.14. The maximum absolute atomic E-state index is 10.5. The van der Waals surface area contributed by atoms with E-state index in [0.717, 1.165) is 0 Å². The predicted octanol–water partition coefficient (Wildman–Crippen LogP) is -0.464. The molecule has 0 radical (unpaired) electrons. The smallest absolute Gasteiger partial charge is 0.414 e. The molecule has 0 aliphatic rings. The van der Waals surface area contributed by atoms with Gasteiger partial charge in [-0.1, -0.05) is 0 Å². The third kappa shape index (κ3) is 5.15. The molecule has 0 fully saturated rings. The Balaban J connectivity index is 3.69. The number of hydrogen-bond donors (Lipinski definition) is 1. The topological polar surface area (TPSA) is 98.5 Å². The molecule has 0 aliphatic heterocycles. The summed E-state index contributed by atoms with van der Waals surface area (Å²) in [4.78, 5) is 29.8. The van der Waals surface area contributed by atoms with Gasteiger partial charge in [-0.15, -0.1) is 0 Å². The lowest BCUT2D eigenvalue weighted by molar-refractivity contribution is -0.467. The van der Waals surface area contributed by atoms with Crippen LogP contribution in [0.2, 0.25) is 0 Å². The number of imide groups is 1. The molecule has 0 unspecified atom stereocenters. The van der Waals surface area contributed by atoms with E-state index in [4.69, 9.17) is 0 Å². The molecule has 0 heterocycles. The number of ether oxygens (including phenoxy) is 1. The minimum atomic E-state index is -0.988. The van der Waals surface area contributed by atoms with Crippen LogP contribution in [0, 0.1) is 10.1 Å². The molecule has 0 aromatic carbocycles. The summed E-state index contributed by atoms with van der Waals surface area (Å²) in [5.74, 6) is -0.988. The zero-order chi connectivity index (χ0) is 9.56. The van der Waals surface area contributed by atoms with Gasteiger partial charge in [-0.3, -0.25) is 20.2 Å². The van der Waals surface area contributed by atoms with E-state index in [1.807, 2.05) is 0 Å². The Bertz CT molecular complexity index is 202. The number of rotatable bonds is 3. The van der Waals surface area contributed by atoms with Crippen LogP contribution in [0.5, 0.6) is 0 Å². The molecule has 0 bridgehead atoms. The van der Waals surface area contributed by atoms with E-state index in [2.05, 4.69) is 4.74 Å². The molecule has 0 aromatic heterocycles. The molecule has 2 amide bonds. The second-order valence-electron chi connectivity index (χ2n) is 1.76. The molecule has 0 rings (SSSR count). The van der Waals surface area contributed by atoms with Crippen LogP contribution in [0.4, 0.5) is 4.79 Å². The maximum atomic E-state index is 10.5. The van der Waals surface area contributed by atoms with Gasteiger partial charge in [0.15, 0.2) is 0 Å². The van der Waals surface area contributed by atoms with Gasteiger partial charge in [0.1, 0.15) is 0 Å². The van der Waals surface area contributed by atoms with Crippen LogP contribution in [0.3, 0.4) is 0 Å². The Morgan fingerprint density at radius 3 is 2.58 bits per heavy atom. The van der Waals surface area contributed by atoms with Gasteiger partial charge < -0.3 is 4.74 Å². The summed E-state index contributed by atoms with van der Waals surface area (Å²) < 4.78 is 4.30. The van der Waals surface area contributed by atoms with Gasteiger partial charge in [-0.05, 0) is 6.92 Å². The third-order valence-electron chi connectivity index (χ3n) is 0.790. The first-order chi connectivity index (χ1) is 5.56. The van der Waals surface area contributed by atoms with Crippen molar-refractivity contribution >= 4 is 12.0 Å². The van der Waals surface area contributed by atoms with Crippen LogP contribution in [-0.4, -0.2) is 30.1 Å². The van der Waals surface area contributed by atoms with Gasteiger partial charge >= 0.3 is 12.0 Å². The summed E-state index contributed by atoms with van der Waals surface area (Å²) in [6, 6.07) is 0. The predicted molar refractivity (Wildman–Crippen MR) is 37.0 cm³/mol. The molecule has 0 atom stereocenters. The second kappa shape index (κ2) is 5.05. The van der Waals surface area contributed by atoms with E-state index in [9.17, 15) is 19.7 Å². The highest BCUT2D eigenvalue weighted by atomic mass is 16.6. The number of carbonyl (C=O) groups is 2. The van der Waals surface area contributed by atoms with Gasteiger partial charge in [0.25, 0.3) is 6.54 Å². The first kappa shape index (κ1) is 10.3. The van der Waals surface area contributed by atoms with Crippen molar-refractivity contribution in [1.82, 2.24) is 5.32 Å². The normalized spacial score (nSPS) is 8.75. The van der Waals surface area contributed by atoms with E-state index in [1.54, 1.807) is 12.2 Å². The van der Waals surface area contributed by atoms with Gasteiger partial charge in [-0.2, -0.15) is 0 Å². The number of nitrogens with one attached hydrogen (secondary N) is 1. The van der Waals surface area contributed by atoms with Crippen molar-refractivity contribution in [2.75, 3.05) is 13.2 Å². The lowest BCUT2D eigenvalue weighted by Crippen LogP contribution is -2.35. The summed E-state index contributed by atoms with van der Waals surface area (Å²) in [6.45, 7) is 0.730. The van der Waals surface area contributed by atoms with Gasteiger partial charge in [0, 0.05) is 4.92 Å². The van der Waals surface area contributed by atoms with E-state index in [-0.39, 0.29) is 6.61 Å². The Kier molecular flexibility index (Phi) is 4.35. The Hall–Kier alpha value is -1.66. The number of nitrogens with zero attached hydrogens (tertiary/aromatic N) is 1. The van der Waals surface area contributed by atoms with Crippen molar-refractivity contribution in [3.8, 4) is 0 Å². The molecule has 1 N–H and O–H groups in total. The number of amides is 2. The minimum absolute atomic E-state index is 0.109. The highest BCUT2D eigenvalue weighted by molar-refractivity contribution is 5.92. The highest BCUT2D eigenvalue weighted by Crippen LogP contribution is 1.77. The highest BCUT2D eigenvalue weighted by Gasteiger charge is 2.12. The van der Waals surface area contributed by atoms with E-state index in [0.29, 0.717) is 0 Å². The molecular weight excluding hydrogens is 168 g/mol. The van der Waals surface area contributed by atoms with Crippen LogP contribution in [0.25, 0.3) is 0 Å². The summed E-state index contributed by atoms with van der Waals surface area (Å²) in [6.07, 6.45) is -0.968. The summed E-state index contributed by atoms with van der Waals surface area (Å²) in [5, 5.41) is 11.4. The largest absolute Gasteiger partial charge is 0.450 e. The van der Waals surface area contributed by atoms with Gasteiger partial charge in [-0.25, -0.2) is 4.79 Å². The Morgan fingerprint density at radius 1 is 1.58 bits per heavy atom.